The van der Waals surface area contributed by atoms with Gasteiger partial charge in [-0.15, -0.1) is 0 Å². The van der Waals surface area contributed by atoms with E-state index in [0.717, 1.165) is 11.3 Å². The van der Waals surface area contributed by atoms with Gasteiger partial charge in [-0.2, -0.15) is 0 Å². The van der Waals surface area contributed by atoms with Gasteiger partial charge in [0, 0.05) is 18.7 Å². The van der Waals surface area contributed by atoms with Gasteiger partial charge >= 0.3 is 5.97 Å². The molecule has 0 spiro atoms. The summed E-state index contributed by atoms with van der Waals surface area (Å²) in [6.07, 6.45) is 0.155. The van der Waals surface area contributed by atoms with Gasteiger partial charge in [-0.3, -0.25) is 14.4 Å². The molecule has 2 rings (SSSR count). The van der Waals surface area contributed by atoms with Crippen molar-refractivity contribution in [1.29, 1.82) is 0 Å². The minimum Gasteiger partial charge on any atom is -0.465 e. The van der Waals surface area contributed by atoms with E-state index < -0.39 is 11.9 Å². The fourth-order valence-corrected chi connectivity index (χ4v) is 2.37. The number of aryl methyl sites for hydroxylation is 1. The molecule has 6 nitrogen and oxygen atoms in total. The summed E-state index contributed by atoms with van der Waals surface area (Å²) < 4.78 is 4.75. The molecular weight excluding hydrogens is 284 g/mol. The van der Waals surface area contributed by atoms with Crippen LogP contribution in [0.15, 0.2) is 24.3 Å². The van der Waals surface area contributed by atoms with E-state index in [2.05, 4.69) is 5.32 Å². The standard InChI is InChI=1S/C16H20N2O4/c1-3-22-15(20)9-17-16(21)12-8-14(19)18(10-12)13-6-4-11(2)5-7-13/h4-7,12H,3,8-10H2,1-2H3,(H,17,21). The second kappa shape index (κ2) is 7.06. The van der Waals surface area contributed by atoms with Crippen LogP contribution < -0.4 is 10.2 Å². The number of esters is 1. The van der Waals surface area contributed by atoms with E-state index in [1.807, 2.05) is 31.2 Å². The number of anilines is 1. The Balaban J connectivity index is 1.92. The van der Waals surface area contributed by atoms with Gasteiger partial charge in [-0.25, -0.2) is 0 Å². The second-order valence-electron chi connectivity index (χ2n) is 5.26. The quantitative estimate of drug-likeness (QED) is 0.824. The zero-order valence-electron chi connectivity index (χ0n) is 12.8. The zero-order chi connectivity index (χ0) is 16.1. The summed E-state index contributed by atoms with van der Waals surface area (Å²) >= 11 is 0. The van der Waals surface area contributed by atoms with Crippen molar-refractivity contribution in [3.8, 4) is 0 Å². The largest absolute Gasteiger partial charge is 0.465 e. The monoisotopic (exact) mass is 304 g/mol. The minimum absolute atomic E-state index is 0.0832. The number of amides is 2. The summed E-state index contributed by atoms with van der Waals surface area (Å²) in [7, 11) is 0. The van der Waals surface area contributed by atoms with E-state index in [-0.39, 0.29) is 31.4 Å². The zero-order valence-corrected chi connectivity index (χ0v) is 12.8. The molecule has 0 aliphatic carbocycles. The van der Waals surface area contributed by atoms with Crippen LogP contribution >= 0.6 is 0 Å². The first kappa shape index (κ1) is 16.0. The van der Waals surface area contributed by atoms with Gasteiger partial charge in [0.15, 0.2) is 0 Å². The molecule has 0 bridgehead atoms. The molecule has 1 N–H and O–H groups in total. The molecule has 6 heteroatoms. The first-order chi connectivity index (χ1) is 10.5. The minimum atomic E-state index is -0.476. The molecular formula is C16H20N2O4. The van der Waals surface area contributed by atoms with E-state index in [1.54, 1.807) is 11.8 Å². The third-order valence-corrected chi connectivity index (χ3v) is 3.55. The normalized spacial score (nSPS) is 17.5. The maximum atomic E-state index is 12.1. The van der Waals surface area contributed by atoms with Crippen molar-refractivity contribution < 1.29 is 19.1 Å². The highest BCUT2D eigenvalue weighted by Gasteiger charge is 2.35. The van der Waals surface area contributed by atoms with Crippen molar-refractivity contribution in [3.05, 3.63) is 29.8 Å². The fourth-order valence-electron chi connectivity index (χ4n) is 2.37. The Bertz CT molecular complexity index is 568. The van der Waals surface area contributed by atoms with Crippen molar-refractivity contribution >= 4 is 23.5 Å². The highest BCUT2D eigenvalue weighted by molar-refractivity contribution is 6.00. The van der Waals surface area contributed by atoms with Gasteiger partial charge in [0.05, 0.1) is 12.5 Å². The van der Waals surface area contributed by atoms with Crippen LogP contribution in [0.2, 0.25) is 0 Å². The van der Waals surface area contributed by atoms with Crippen molar-refractivity contribution in [2.75, 3.05) is 24.6 Å². The van der Waals surface area contributed by atoms with E-state index in [9.17, 15) is 14.4 Å². The van der Waals surface area contributed by atoms with Gasteiger partial charge in [0.2, 0.25) is 11.8 Å². The van der Waals surface area contributed by atoms with Crippen LogP contribution in [0, 0.1) is 12.8 Å². The molecule has 22 heavy (non-hydrogen) atoms. The van der Waals surface area contributed by atoms with E-state index >= 15 is 0 Å². The smallest absolute Gasteiger partial charge is 0.325 e. The Labute approximate surface area is 129 Å². The number of hydrogen-bond acceptors (Lipinski definition) is 4. The molecule has 2 amide bonds. The Morgan fingerprint density at radius 3 is 2.64 bits per heavy atom. The number of hydrogen-bond donors (Lipinski definition) is 1. The van der Waals surface area contributed by atoms with Crippen molar-refractivity contribution in [3.63, 3.8) is 0 Å². The van der Waals surface area contributed by atoms with Crippen molar-refractivity contribution in [1.82, 2.24) is 5.32 Å². The molecule has 118 valence electrons. The summed E-state index contributed by atoms with van der Waals surface area (Å²) in [5.41, 5.74) is 1.90. The average molecular weight is 304 g/mol. The summed E-state index contributed by atoms with van der Waals surface area (Å²) in [5, 5.41) is 2.52. The molecule has 1 unspecified atom stereocenters. The molecule has 1 heterocycles. The van der Waals surface area contributed by atoms with Crippen LogP contribution in [-0.2, 0) is 19.1 Å². The van der Waals surface area contributed by atoms with Crippen LogP contribution in [0.5, 0.6) is 0 Å². The SMILES string of the molecule is CCOC(=O)CNC(=O)C1CC(=O)N(c2ccc(C)cc2)C1. The molecule has 1 atom stereocenters. The predicted octanol–water partition coefficient (Wildman–Crippen LogP) is 1.03. The number of benzene rings is 1. The maximum Gasteiger partial charge on any atom is 0.325 e. The topological polar surface area (TPSA) is 75.7 Å². The van der Waals surface area contributed by atoms with Gasteiger partial charge in [0.1, 0.15) is 6.54 Å². The Morgan fingerprint density at radius 2 is 2.00 bits per heavy atom. The lowest BCUT2D eigenvalue weighted by molar-refractivity contribution is -0.143. The first-order valence-electron chi connectivity index (χ1n) is 7.31. The summed E-state index contributed by atoms with van der Waals surface area (Å²) in [5.74, 6) is -1.30. The summed E-state index contributed by atoms with van der Waals surface area (Å²) in [4.78, 5) is 36.9. The van der Waals surface area contributed by atoms with Crippen LogP contribution in [-0.4, -0.2) is 37.5 Å². The third-order valence-electron chi connectivity index (χ3n) is 3.55. The Kier molecular flexibility index (Phi) is 5.14. The van der Waals surface area contributed by atoms with Crippen LogP contribution in [0.1, 0.15) is 18.9 Å². The van der Waals surface area contributed by atoms with Crippen molar-refractivity contribution in [2.24, 2.45) is 5.92 Å². The molecule has 1 aliphatic heterocycles. The maximum absolute atomic E-state index is 12.1. The lowest BCUT2D eigenvalue weighted by Crippen LogP contribution is -2.36. The average Bonchev–Trinajstić information content (AvgIpc) is 2.88. The number of carbonyl (C=O) groups excluding carboxylic acids is 3. The third kappa shape index (κ3) is 3.84. The predicted molar refractivity (Wildman–Crippen MR) is 81.3 cm³/mol. The van der Waals surface area contributed by atoms with Crippen LogP contribution in [0.25, 0.3) is 0 Å². The van der Waals surface area contributed by atoms with Gasteiger partial charge in [0.25, 0.3) is 0 Å². The molecule has 1 aromatic rings. The molecule has 0 radical (unpaired) electrons. The van der Waals surface area contributed by atoms with E-state index in [4.69, 9.17) is 4.74 Å². The summed E-state index contributed by atoms with van der Waals surface area (Å²) in [6, 6.07) is 7.59. The fraction of sp³-hybridized carbons (Fsp3) is 0.438. The molecule has 1 saturated heterocycles. The Hall–Kier alpha value is -2.37. The highest BCUT2D eigenvalue weighted by Crippen LogP contribution is 2.25. The Morgan fingerprint density at radius 1 is 1.32 bits per heavy atom. The molecule has 1 aliphatic rings. The van der Waals surface area contributed by atoms with Crippen LogP contribution in [0.3, 0.4) is 0 Å². The number of ether oxygens (including phenoxy) is 1. The second-order valence-corrected chi connectivity index (χ2v) is 5.26. The number of carbonyl (C=O) groups is 3. The van der Waals surface area contributed by atoms with Crippen LogP contribution in [0.4, 0.5) is 5.69 Å². The lowest BCUT2D eigenvalue weighted by atomic mass is 10.1. The lowest BCUT2D eigenvalue weighted by Gasteiger charge is -2.16. The van der Waals surface area contributed by atoms with E-state index in [0.29, 0.717) is 6.54 Å². The van der Waals surface area contributed by atoms with Gasteiger partial charge in [-0.1, -0.05) is 17.7 Å². The molecule has 0 saturated carbocycles. The number of nitrogens with one attached hydrogen (secondary N) is 1. The highest BCUT2D eigenvalue weighted by atomic mass is 16.5. The van der Waals surface area contributed by atoms with E-state index in [1.165, 1.54) is 0 Å². The number of rotatable bonds is 5. The molecule has 1 aromatic carbocycles. The summed E-state index contributed by atoms with van der Waals surface area (Å²) in [6.45, 7) is 4.12. The van der Waals surface area contributed by atoms with Gasteiger partial charge in [-0.05, 0) is 26.0 Å². The molecule has 0 aromatic heterocycles. The number of nitrogens with zero attached hydrogens (tertiary/aromatic N) is 1. The molecule has 1 fully saturated rings. The van der Waals surface area contributed by atoms with Gasteiger partial charge < -0.3 is 15.0 Å². The van der Waals surface area contributed by atoms with Crippen molar-refractivity contribution in [2.45, 2.75) is 20.3 Å². The first-order valence-corrected chi connectivity index (χ1v) is 7.31.